The number of hydrogen-bond donors (Lipinski definition) is 1. The van der Waals surface area contributed by atoms with Gasteiger partial charge in [-0.3, -0.25) is 0 Å². The molecular formula is C15H17N7S. The van der Waals surface area contributed by atoms with Crippen LogP contribution in [-0.4, -0.2) is 30.2 Å². The van der Waals surface area contributed by atoms with E-state index < -0.39 is 0 Å². The van der Waals surface area contributed by atoms with Gasteiger partial charge in [-0.15, -0.1) is 5.10 Å². The second-order valence-corrected chi connectivity index (χ2v) is 6.55. The zero-order chi connectivity index (χ0) is 16.4. The first kappa shape index (κ1) is 15.4. The Kier molecular flexibility index (Phi) is 4.24. The van der Waals surface area contributed by atoms with Crippen molar-refractivity contribution < 1.29 is 0 Å². The third-order valence-corrected chi connectivity index (χ3v) is 4.55. The second-order valence-electron chi connectivity index (χ2n) is 5.24. The molecule has 23 heavy (non-hydrogen) atoms. The molecule has 1 aromatic carbocycles. The molecule has 0 amide bonds. The van der Waals surface area contributed by atoms with Gasteiger partial charge in [0.05, 0.1) is 10.9 Å². The molecule has 118 valence electrons. The fourth-order valence-corrected chi connectivity index (χ4v) is 2.93. The summed E-state index contributed by atoms with van der Waals surface area (Å²) in [4.78, 5) is 8.51. The molecule has 0 unspecified atom stereocenters. The highest BCUT2D eigenvalue weighted by Gasteiger charge is 2.17. The van der Waals surface area contributed by atoms with E-state index >= 15 is 0 Å². The Morgan fingerprint density at radius 2 is 2.00 bits per heavy atom. The van der Waals surface area contributed by atoms with Gasteiger partial charge in [0.15, 0.2) is 0 Å². The molecular weight excluding hydrogens is 310 g/mol. The highest BCUT2D eigenvalue weighted by molar-refractivity contribution is 7.99. The van der Waals surface area contributed by atoms with Crippen LogP contribution in [0.3, 0.4) is 0 Å². The van der Waals surface area contributed by atoms with Crippen molar-refractivity contribution in [1.82, 2.24) is 30.2 Å². The van der Waals surface area contributed by atoms with E-state index in [4.69, 9.17) is 5.73 Å². The highest BCUT2D eigenvalue weighted by atomic mass is 32.2. The smallest absolute Gasteiger partial charge is 0.214 e. The van der Waals surface area contributed by atoms with Crippen LogP contribution < -0.4 is 5.73 Å². The van der Waals surface area contributed by atoms with E-state index in [0.29, 0.717) is 16.8 Å². The van der Waals surface area contributed by atoms with Crippen LogP contribution in [-0.2, 0) is 0 Å². The standard InChI is InChI=1S/C15H17N7S/c1-9-4-5-12(8-10(9)2)22-15(19-20-21-22)23-11(3)14-17-7-6-13(16)18-14/h4-8,11H,1-3H3,(H2,16,17,18)/t11-/m1/s1. The molecule has 1 atom stereocenters. The number of rotatable bonds is 4. The molecule has 0 saturated heterocycles. The first-order chi connectivity index (χ1) is 11.0. The lowest BCUT2D eigenvalue weighted by Gasteiger charge is -2.10. The van der Waals surface area contributed by atoms with Gasteiger partial charge in [-0.1, -0.05) is 17.8 Å². The van der Waals surface area contributed by atoms with Crippen molar-refractivity contribution in [2.24, 2.45) is 0 Å². The van der Waals surface area contributed by atoms with Gasteiger partial charge in [0.1, 0.15) is 11.6 Å². The molecule has 3 rings (SSSR count). The van der Waals surface area contributed by atoms with Crippen molar-refractivity contribution in [3.05, 3.63) is 47.4 Å². The summed E-state index contributed by atoms with van der Waals surface area (Å²) >= 11 is 1.49. The van der Waals surface area contributed by atoms with Crippen LogP contribution in [0.4, 0.5) is 5.82 Å². The van der Waals surface area contributed by atoms with Gasteiger partial charge in [0, 0.05) is 6.20 Å². The van der Waals surface area contributed by atoms with Crippen LogP contribution in [0, 0.1) is 13.8 Å². The topological polar surface area (TPSA) is 95.4 Å². The third-order valence-electron chi connectivity index (χ3n) is 3.52. The minimum absolute atomic E-state index is 0.0187. The Morgan fingerprint density at radius 3 is 2.74 bits per heavy atom. The van der Waals surface area contributed by atoms with Gasteiger partial charge in [-0.25, -0.2) is 9.97 Å². The Balaban J connectivity index is 1.87. The molecule has 8 heteroatoms. The largest absolute Gasteiger partial charge is 0.384 e. The quantitative estimate of drug-likeness (QED) is 0.735. The normalized spacial score (nSPS) is 12.3. The van der Waals surface area contributed by atoms with E-state index in [0.717, 1.165) is 5.69 Å². The minimum Gasteiger partial charge on any atom is -0.384 e. The van der Waals surface area contributed by atoms with Gasteiger partial charge >= 0.3 is 0 Å². The lowest BCUT2D eigenvalue weighted by molar-refractivity contribution is 0.753. The van der Waals surface area contributed by atoms with E-state index in [1.54, 1.807) is 16.9 Å². The Hall–Kier alpha value is -2.48. The molecule has 0 radical (unpaired) electrons. The SMILES string of the molecule is Cc1ccc(-n2nnnc2S[C@H](C)c2nccc(N)n2)cc1C. The van der Waals surface area contributed by atoms with E-state index in [9.17, 15) is 0 Å². The zero-order valence-corrected chi connectivity index (χ0v) is 13.9. The van der Waals surface area contributed by atoms with E-state index in [2.05, 4.69) is 51.5 Å². The molecule has 2 N–H and O–H groups in total. The lowest BCUT2D eigenvalue weighted by Crippen LogP contribution is -2.04. The summed E-state index contributed by atoms with van der Waals surface area (Å²) in [6, 6.07) is 7.80. The van der Waals surface area contributed by atoms with Crippen molar-refractivity contribution >= 4 is 17.6 Å². The van der Waals surface area contributed by atoms with Crippen LogP contribution >= 0.6 is 11.8 Å². The first-order valence-corrected chi connectivity index (χ1v) is 8.03. The number of aryl methyl sites for hydroxylation is 2. The Morgan fingerprint density at radius 1 is 1.17 bits per heavy atom. The van der Waals surface area contributed by atoms with Crippen molar-refractivity contribution in [1.29, 1.82) is 0 Å². The number of tetrazole rings is 1. The fourth-order valence-electron chi connectivity index (χ4n) is 2.07. The molecule has 0 saturated carbocycles. The third kappa shape index (κ3) is 3.31. The van der Waals surface area contributed by atoms with Crippen molar-refractivity contribution in [3.63, 3.8) is 0 Å². The average molecular weight is 327 g/mol. The average Bonchev–Trinajstić information content (AvgIpc) is 2.98. The van der Waals surface area contributed by atoms with E-state index in [-0.39, 0.29) is 5.25 Å². The molecule has 2 aromatic heterocycles. The summed E-state index contributed by atoms with van der Waals surface area (Å²) in [5, 5.41) is 12.7. The lowest BCUT2D eigenvalue weighted by atomic mass is 10.1. The molecule has 0 aliphatic rings. The maximum absolute atomic E-state index is 5.72. The molecule has 0 fully saturated rings. The summed E-state index contributed by atoms with van der Waals surface area (Å²) < 4.78 is 1.72. The number of thioether (sulfide) groups is 1. The number of nitrogens with zero attached hydrogens (tertiary/aromatic N) is 6. The summed E-state index contributed by atoms with van der Waals surface area (Å²) in [7, 11) is 0. The van der Waals surface area contributed by atoms with Crippen LogP contribution in [0.15, 0.2) is 35.6 Å². The summed E-state index contributed by atoms with van der Waals surface area (Å²) in [5.41, 5.74) is 9.08. The highest BCUT2D eigenvalue weighted by Crippen LogP contribution is 2.32. The second kappa shape index (κ2) is 6.33. The van der Waals surface area contributed by atoms with Crippen LogP contribution in [0.1, 0.15) is 29.1 Å². The van der Waals surface area contributed by atoms with Crippen molar-refractivity contribution in [2.45, 2.75) is 31.2 Å². The molecule has 2 heterocycles. The predicted molar refractivity (Wildman–Crippen MR) is 89.3 cm³/mol. The maximum Gasteiger partial charge on any atom is 0.214 e. The maximum atomic E-state index is 5.72. The number of anilines is 1. The monoisotopic (exact) mass is 327 g/mol. The summed E-state index contributed by atoms with van der Waals surface area (Å²) in [6.45, 7) is 6.14. The number of nitrogen functional groups attached to an aromatic ring is 1. The van der Waals surface area contributed by atoms with E-state index in [1.807, 2.05) is 13.0 Å². The molecule has 0 aliphatic heterocycles. The van der Waals surface area contributed by atoms with Gasteiger partial charge in [0.2, 0.25) is 5.16 Å². The molecule has 7 nitrogen and oxygen atoms in total. The predicted octanol–water partition coefficient (Wildman–Crippen LogP) is 2.50. The molecule has 0 bridgehead atoms. The van der Waals surface area contributed by atoms with Gasteiger partial charge < -0.3 is 5.73 Å². The van der Waals surface area contributed by atoms with Crippen molar-refractivity contribution in [3.8, 4) is 5.69 Å². The fraction of sp³-hybridized carbons (Fsp3) is 0.267. The van der Waals surface area contributed by atoms with Gasteiger partial charge in [0.25, 0.3) is 0 Å². The number of nitrogens with two attached hydrogens (primary N) is 1. The van der Waals surface area contributed by atoms with E-state index in [1.165, 1.54) is 22.9 Å². The molecule has 0 aliphatic carbocycles. The van der Waals surface area contributed by atoms with Crippen LogP contribution in [0.5, 0.6) is 0 Å². The van der Waals surface area contributed by atoms with Crippen molar-refractivity contribution in [2.75, 3.05) is 5.73 Å². The van der Waals surface area contributed by atoms with Crippen LogP contribution in [0.2, 0.25) is 0 Å². The number of aromatic nitrogens is 6. The zero-order valence-electron chi connectivity index (χ0n) is 13.1. The number of benzene rings is 1. The Labute approximate surface area is 138 Å². The van der Waals surface area contributed by atoms with Crippen LogP contribution in [0.25, 0.3) is 5.69 Å². The minimum atomic E-state index is -0.0187. The molecule has 3 aromatic rings. The summed E-state index contributed by atoms with van der Waals surface area (Å²) in [6.07, 6.45) is 1.65. The molecule has 0 spiro atoms. The van der Waals surface area contributed by atoms with Gasteiger partial charge in [-0.2, -0.15) is 4.68 Å². The Bertz CT molecular complexity index is 830. The summed E-state index contributed by atoms with van der Waals surface area (Å²) in [5.74, 6) is 1.11. The van der Waals surface area contributed by atoms with Gasteiger partial charge in [-0.05, 0) is 60.5 Å². The first-order valence-electron chi connectivity index (χ1n) is 7.15. The number of hydrogen-bond acceptors (Lipinski definition) is 7.